The van der Waals surface area contributed by atoms with Gasteiger partial charge in [-0.3, -0.25) is 19.7 Å². The molecule has 2 saturated heterocycles. The van der Waals surface area contributed by atoms with E-state index in [0.717, 1.165) is 4.90 Å². The molecule has 3 unspecified atom stereocenters. The smallest absolute Gasteiger partial charge is 0.322 e. The monoisotopic (exact) mass is 518 g/mol. The van der Waals surface area contributed by atoms with Gasteiger partial charge in [-0.2, -0.15) is 13.2 Å². The molecule has 0 bridgehead atoms. The lowest BCUT2D eigenvalue weighted by Gasteiger charge is -2.29. The van der Waals surface area contributed by atoms with Gasteiger partial charge in [0.05, 0.1) is 16.9 Å². The maximum absolute atomic E-state index is 15.1. The molecule has 1 aromatic carbocycles. The molecular formula is C20H20F4N5O7+. The summed E-state index contributed by atoms with van der Waals surface area (Å²) < 4.78 is 53.6. The lowest BCUT2D eigenvalue weighted by Crippen LogP contribution is -2.52. The van der Waals surface area contributed by atoms with Crippen molar-refractivity contribution in [1.82, 2.24) is 20.7 Å². The van der Waals surface area contributed by atoms with Crippen LogP contribution in [0.2, 0.25) is 0 Å². The number of nitrogens with zero attached hydrogens (tertiary/aromatic N) is 3. The molecule has 36 heavy (non-hydrogen) atoms. The topological polar surface area (TPSA) is 137 Å². The van der Waals surface area contributed by atoms with E-state index in [0.29, 0.717) is 5.56 Å². The van der Waals surface area contributed by atoms with Crippen molar-refractivity contribution >= 4 is 23.8 Å². The van der Waals surface area contributed by atoms with E-state index >= 15 is 4.39 Å². The Morgan fingerprint density at radius 2 is 2.00 bits per heavy atom. The fourth-order valence-corrected chi connectivity index (χ4v) is 4.26. The Hall–Kier alpha value is -3.82. The minimum Gasteiger partial charge on any atom is -0.322 e. The summed E-state index contributed by atoms with van der Waals surface area (Å²) >= 11 is 0. The normalized spacial score (nSPS) is 24.2. The summed E-state index contributed by atoms with van der Waals surface area (Å²) in [6, 6.07) is -1.60. The number of amides is 4. The zero-order valence-electron chi connectivity index (χ0n) is 18.6. The molecule has 4 rings (SSSR count). The standard InChI is InChI=1S/C20H19F4N5O7/c1-9-6-13(20(22,23)24)28(34)29(9)36-35-19(33)25-7-10-2-3-11-8-27(18(32)15(11)16(10)21)12-4-5-14(30)26-17(12)31/h2-3,9,12-13H,4-8H2,1H3,(H-,25,26,30,31,33)/p+1. The van der Waals surface area contributed by atoms with E-state index in [1.165, 1.54) is 19.1 Å². The highest BCUT2D eigenvalue weighted by Gasteiger charge is 2.62. The number of nitrogens with one attached hydrogen (secondary N) is 2. The average molecular weight is 518 g/mol. The van der Waals surface area contributed by atoms with E-state index < -0.39 is 71.8 Å². The third-order valence-corrected chi connectivity index (χ3v) is 6.10. The Morgan fingerprint density at radius 1 is 1.28 bits per heavy atom. The minimum atomic E-state index is -4.81. The highest BCUT2D eigenvalue weighted by Crippen LogP contribution is 2.33. The van der Waals surface area contributed by atoms with Gasteiger partial charge >= 0.3 is 18.3 Å². The third kappa shape index (κ3) is 4.67. The van der Waals surface area contributed by atoms with Crippen molar-refractivity contribution < 1.29 is 51.5 Å². The van der Waals surface area contributed by atoms with Crippen LogP contribution in [0.15, 0.2) is 12.1 Å². The summed E-state index contributed by atoms with van der Waals surface area (Å²) in [5.41, 5.74) is -0.0920. The van der Waals surface area contributed by atoms with Gasteiger partial charge in [0.2, 0.25) is 11.8 Å². The molecule has 3 aliphatic heterocycles. The number of hydrogen-bond donors (Lipinski definition) is 2. The summed E-state index contributed by atoms with van der Waals surface area (Å²) in [4.78, 5) is 69.4. The van der Waals surface area contributed by atoms with E-state index in [2.05, 4.69) is 20.5 Å². The molecule has 0 aromatic heterocycles. The van der Waals surface area contributed by atoms with Crippen molar-refractivity contribution in [3.8, 4) is 0 Å². The van der Waals surface area contributed by atoms with Crippen LogP contribution in [0, 0.1) is 10.7 Å². The molecule has 3 heterocycles. The summed E-state index contributed by atoms with van der Waals surface area (Å²) in [6.07, 6.45) is -6.61. The number of benzene rings is 1. The van der Waals surface area contributed by atoms with E-state index in [1.54, 1.807) is 0 Å². The molecular weight excluding hydrogens is 498 g/mol. The van der Waals surface area contributed by atoms with Crippen LogP contribution in [-0.2, 0) is 32.6 Å². The Bertz CT molecular complexity index is 1140. The predicted molar refractivity (Wildman–Crippen MR) is 106 cm³/mol. The van der Waals surface area contributed by atoms with Crippen LogP contribution < -0.4 is 10.6 Å². The lowest BCUT2D eigenvalue weighted by atomic mass is 10.0. The van der Waals surface area contributed by atoms with Crippen molar-refractivity contribution in [2.24, 2.45) is 0 Å². The van der Waals surface area contributed by atoms with Crippen LogP contribution in [-0.4, -0.2) is 63.1 Å². The molecule has 16 heteroatoms. The van der Waals surface area contributed by atoms with Gasteiger partial charge in [0.25, 0.3) is 5.91 Å². The van der Waals surface area contributed by atoms with Crippen molar-refractivity contribution in [3.63, 3.8) is 0 Å². The second-order valence-electron chi connectivity index (χ2n) is 8.52. The molecule has 1 aromatic rings. The third-order valence-electron chi connectivity index (χ3n) is 6.10. The number of hydrazine groups is 1. The zero-order valence-corrected chi connectivity index (χ0v) is 18.6. The van der Waals surface area contributed by atoms with Gasteiger partial charge in [0.1, 0.15) is 17.9 Å². The fourth-order valence-electron chi connectivity index (χ4n) is 4.26. The first-order valence-electron chi connectivity index (χ1n) is 10.8. The Morgan fingerprint density at radius 3 is 2.64 bits per heavy atom. The van der Waals surface area contributed by atoms with Gasteiger partial charge < -0.3 is 10.2 Å². The maximum Gasteiger partial charge on any atom is 0.459 e. The number of alkyl halides is 3. The summed E-state index contributed by atoms with van der Waals surface area (Å²) in [6.45, 7) is 0.724. The Balaban J connectivity index is 1.35. The molecule has 0 spiro atoms. The van der Waals surface area contributed by atoms with Crippen LogP contribution in [0.3, 0.4) is 0 Å². The number of carbonyl (C=O) groups excluding carboxylic acids is 4. The molecule has 194 valence electrons. The number of fused-ring (bicyclic) bond motifs is 1. The quantitative estimate of drug-likeness (QED) is 0.196. The number of hydroxylamine groups is 1. The van der Waals surface area contributed by atoms with Gasteiger partial charge in [0, 0.05) is 35.2 Å². The lowest BCUT2D eigenvalue weighted by molar-refractivity contribution is -0.820. The minimum absolute atomic E-state index is 0.0372. The molecule has 3 aliphatic rings. The van der Waals surface area contributed by atoms with Gasteiger partial charge in [-0.25, -0.2) is 14.1 Å². The summed E-state index contributed by atoms with van der Waals surface area (Å²) in [7, 11) is 0. The van der Waals surface area contributed by atoms with Crippen LogP contribution in [0.25, 0.3) is 0 Å². The molecule has 12 nitrogen and oxygen atoms in total. The van der Waals surface area contributed by atoms with Crippen LogP contribution in [0.5, 0.6) is 0 Å². The van der Waals surface area contributed by atoms with Crippen LogP contribution in [0.4, 0.5) is 22.4 Å². The molecule has 0 aliphatic carbocycles. The highest BCUT2D eigenvalue weighted by atomic mass is 19.4. The maximum atomic E-state index is 15.1. The highest BCUT2D eigenvalue weighted by molar-refractivity contribution is 6.05. The second-order valence-corrected chi connectivity index (χ2v) is 8.52. The van der Waals surface area contributed by atoms with E-state index in [9.17, 15) is 37.3 Å². The number of imide groups is 1. The Kier molecular flexibility index (Phi) is 6.55. The van der Waals surface area contributed by atoms with Gasteiger partial charge in [-0.1, -0.05) is 12.1 Å². The average Bonchev–Trinajstić information content (AvgIpc) is 3.28. The van der Waals surface area contributed by atoms with E-state index in [-0.39, 0.29) is 35.7 Å². The summed E-state index contributed by atoms with van der Waals surface area (Å²) in [5.74, 6) is -2.80. The zero-order chi connectivity index (χ0) is 26.4. The molecule has 0 radical (unpaired) electrons. The SMILES string of the molecule is CC1CC(C(F)(F)F)[N+](=O)N1OOC(=O)NCc1ccc2c(c1F)C(=O)N(C1CCC(=O)NC1=O)C2. The first kappa shape index (κ1) is 25.3. The van der Waals surface area contributed by atoms with Crippen molar-refractivity contribution in [2.75, 3.05) is 0 Å². The Labute approximate surface area is 199 Å². The predicted octanol–water partition coefficient (Wildman–Crippen LogP) is 1.38. The number of nitroso groups, excluding NO2 is 1. The molecule has 0 saturated carbocycles. The van der Waals surface area contributed by atoms with Crippen molar-refractivity contribution in [3.05, 3.63) is 39.5 Å². The first-order chi connectivity index (χ1) is 16.9. The molecule has 2 fully saturated rings. The van der Waals surface area contributed by atoms with Crippen LogP contribution in [0.1, 0.15) is 47.7 Å². The fraction of sp³-hybridized carbons (Fsp3) is 0.500. The number of halogens is 4. The number of piperidine rings is 1. The number of carbonyl (C=O) groups is 4. The largest absolute Gasteiger partial charge is 0.459 e. The van der Waals surface area contributed by atoms with Crippen LogP contribution >= 0.6 is 0 Å². The first-order valence-corrected chi connectivity index (χ1v) is 10.8. The molecule has 3 atom stereocenters. The molecule has 2 N–H and O–H groups in total. The summed E-state index contributed by atoms with van der Waals surface area (Å²) in [5, 5.41) is 4.46. The number of hydrogen-bond acceptors (Lipinski definition) is 7. The van der Waals surface area contributed by atoms with E-state index in [1.807, 2.05) is 0 Å². The second kappa shape index (κ2) is 9.33. The van der Waals surface area contributed by atoms with Crippen molar-refractivity contribution in [1.29, 1.82) is 0 Å². The van der Waals surface area contributed by atoms with E-state index in [4.69, 9.17) is 0 Å². The van der Waals surface area contributed by atoms with Crippen molar-refractivity contribution in [2.45, 2.75) is 63.6 Å². The number of rotatable bonds is 5. The van der Waals surface area contributed by atoms with Gasteiger partial charge in [0.15, 0.2) is 4.87 Å². The van der Waals surface area contributed by atoms with Gasteiger partial charge in [-0.05, 0) is 18.9 Å². The van der Waals surface area contributed by atoms with Gasteiger partial charge in [-0.15, -0.1) is 0 Å². The molecule has 4 amide bonds.